The van der Waals surface area contributed by atoms with Crippen molar-refractivity contribution in [2.75, 3.05) is 0 Å². The Hall–Kier alpha value is -1.64. The van der Waals surface area contributed by atoms with Crippen molar-refractivity contribution >= 4 is 5.97 Å². The van der Waals surface area contributed by atoms with E-state index in [-0.39, 0.29) is 11.3 Å². The molecule has 0 atom stereocenters. The quantitative estimate of drug-likeness (QED) is 0.411. The third-order valence-corrected chi connectivity index (χ3v) is 1.70. The van der Waals surface area contributed by atoms with E-state index in [1.54, 1.807) is 19.1 Å². The molecule has 1 aromatic carbocycles. The molecule has 0 fully saturated rings. The summed E-state index contributed by atoms with van der Waals surface area (Å²) in [5, 5.41) is 0. The molecule has 0 unspecified atom stereocenters. The van der Waals surface area contributed by atoms with E-state index in [1.165, 1.54) is 13.0 Å². The summed E-state index contributed by atoms with van der Waals surface area (Å²) in [6.45, 7) is 6.60. The van der Waals surface area contributed by atoms with Gasteiger partial charge in [-0.2, -0.15) is 0 Å². The lowest BCUT2D eigenvalue weighted by Gasteiger charge is -2.04. The summed E-state index contributed by atoms with van der Waals surface area (Å²) in [4.78, 5) is 11.1. The van der Waals surface area contributed by atoms with Gasteiger partial charge in [-0.05, 0) is 25.5 Å². The monoisotopic (exact) mass is 194 g/mol. The molecule has 0 aromatic heterocycles. The zero-order valence-electron chi connectivity index (χ0n) is 8.13. The van der Waals surface area contributed by atoms with E-state index >= 15 is 0 Å². The summed E-state index contributed by atoms with van der Waals surface area (Å²) in [5.74, 6) is -0.744. The van der Waals surface area contributed by atoms with Crippen LogP contribution in [0.25, 0.3) is 0 Å². The largest absolute Gasteiger partial charge is 0.423 e. The third kappa shape index (κ3) is 2.42. The van der Waals surface area contributed by atoms with Crippen molar-refractivity contribution in [2.24, 2.45) is 0 Å². The molecule has 14 heavy (non-hydrogen) atoms. The fraction of sp³-hybridized carbons (Fsp3) is 0.182. The van der Waals surface area contributed by atoms with Crippen LogP contribution in [-0.2, 0) is 4.79 Å². The van der Waals surface area contributed by atoms with Gasteiger partial charge in [-0.15, -0.1) is 0 Å². The summed E-state index contributed by atoms with van der Waals surface area (Å²) in [5.41, 5.74) is 0.797. The SMILES string of the molecule is C=C(C)C(=O)Oc1ccc(C)c(F)c1. The first-order valence-electron chi connectivity index (χ1n) is 4.14. The number of rotatable bonds is 2. The Morgan fingerprint density at radius 2 is 2.14 bits per heavy atom. The Morgan fingerprint density at radius 1 is 1.50 bits per heavy atom. The molecule has 0 saturated carbocycles. The predicted octanol–water partition coefficient (Wildman–Crippen LogP) is 2.62. The highest BCUT2D eigenvalue weighted by molar-refractivity contribution is 5.88. The zero-order chi connectivity index (χ0) is 10.7. The standard InChI is InChI=1S/C11H11FO2/c1-7(2)11(13)14-9-5-4-8(3)10(12)6-9/h4-6H,1H2,2-3H3. The fourth-order valence-corrected chi connectivity index (χ4v) is 0.831. The van der Waals surface area contributed by atoms with Crippen LogP contribution in [0.2, 0.25) is 0 Å². The lowest BCUT2D eigenvalue weighted by atomic mass is 10.2. The van der Waals surface area contributed by atoms with Crippen molar-refractivity contribution < 1.29 is 13.9 Å². The molecule has 2 nitrogen and oxygen atoms in total. The Bertz CT molecular complexity index is 383. The number of benzene rings is 1. The Balaban J connectivity index is 2.83. The van der Waals surface area contributed by atoms with E-state index in [1.807, 2.05) is 0 Å². The van der Waals surface area contributed by atoms with E-state index in [0.717, 1.165) is 0 Å². The lowest BCUT2D eigenvalue weighted by Crippen LogP contribution is -2.08. The predicted molar refractivity (Wildman–Crippen MR) is 51.6 cm³/mol. The number of carbonyl (C=O) groups is 1. The minimum Gasteiger partial charge on any atom is -0.423 e. The lowest BCUT2D eigenvalue weighted by molar-refractivity contribution is -0.130. The first-order chi connectivity index (χ1) is 6.50. The molecule has 0 bridgehead atoms. The molecule has 0 N–H and O–H groups in total. The first-order valence-corrected chi connectivity index (χ1v) is 4.14. The van der Waals surface area contributed by atoms with Crippen LogP contribution in [0.1, 0.15) is 12.5 Å². The molecule has 0 aliphatic carbocycles. The number of ether oxygens (including phenoxy) is 1. The summed E-state index contributed by atoms with van der Waals surface area (Å²) < 4.78 is 17.9. The van der Waals surface area contributed by atoms with Gasteiger partial charge in [-0.25, -0.2) is 9.18 Å². The Labute approximate surface area is 82.0 Å². The first kappa shape index (κ1) is 10.4. The van der Waals surface area contributed by atoms with Gasteiger partial charge in [0.15, 0.2) is 0 Å². The number of hydrogen-bond acceptors (Lipinski definition) is 2. The molecule has 74 valence electrons. The number of halogens is 1. The van der Waals surface area contributed by atoms with Gasteiger partial charge in [0.2, 0.25) is 0 Å². The molecular formula is C11H11FO2. The molecule has 0 amide bonds. The molecule has 1 aromatic rings. The van der Waals surface area contributed by atoms with Crippen LogP contribution in [0.5, 0.6) is 5.75 Å². The van der Waals surface area contributed by atoms with E-state index in [4.69, 9.17) is 4.74 Å². The van der Waals surface area contributed by atoms with Crippen molar-refractivity contribution in [2.45, 2.75) is 13.8 Å². The summed E-state index contributed by atoms with van der Waals surface area (Å²) in [6, 6.07) is 4.27. The van der Waals surface area contributed by atoms with Crippen molar-refractivity contribution in [3.63, 3.8) is 0 Å². The van der Waals surface area contributed by atoms with Crippen molar-refractivity contribution in [3.05, 3.63) is 41.7 Å². The highest BCUT2D eigenvalue weighted by Gasteiger charge is 2.06. The van der Waals surface area contributed by atoms with Crippen LogP contribution < -0.4 is 4.74 Å². The summed E-state index contributed by atoms with van der Waals surface area (Å²) >= 11 is 0. The highest BCUT2D eigenvalue weighted by Crippen LogP contribution is 2.16. The molecule has 0 aliphatic heterocycles. The topological polar surface area (TPSA) is 26.3 Å². The van der Waals surface area contributed by atoms with Gasteiger partial charge in [0.1, 0.15) is 11.6 Å². The van der Waals surface area contributed by atoms with Crippen LogP contribution in [0.15, 0.2) is 30.4 Å². The van der Waals surface area contributed by atoms with Crippen molar-refractivity contribution in [3.8, 4) is 5.75 Å². The zero-order valence-corrected chi connectivity index (χ0v) is 8.13. The van der Waals surface area contributed by atoms with Gasteiger partial charge in [0.05, 0.1) is 0 Å². The Kier molecular flexibility index (Phi) is 3.02. The molecule has 0 heterocycles. The number of carbonyl (C=O) groups excluding carboxylic acids is 1. The van der Waals surface area contributed by atoms with Crippen LogP contribution >= 0.6 is 0 Å². The molecule has 0 saturated heterocycles. The van der Waals surface area contributed by atoms with Gasteiger partial charge in [-0.1, -0.05) is 12.6 Å². The van der Waals surface area contributed by atoms with Gasteiger partial charge < -0.3 is 4.74 Å². The second kappa shape index (κ2) is 4.05. The summed E-state index contributed by atoms with van der Waals surface area (Å²) in [6.07, 6.45) is 0. The molecular weight excluding hydrogens is 183 g/mol. The van der Waals surface area contributed by atoms with E-state index in [2.05, 4.69) is 6.58 Å². The van der Waals surface area contributed by atoms with Crippen LogP contribution in [0.3, 0.4) is 0 Å². The van der Waals surface area contributed by atoms with E-state index in [0.29, 0.717) is 5.56 Å². The number of hydrogen-bond donors (Lipinski definition) is 0. The minimum absolute atomic E-state index is 0.195. The second-order valence-corrected chi connectivity index (χ2v) is 3.08. The summed E-state index contributed by atoms with van der Waals surface area (Å²) in [7, 11) is 0. The van der Waals surface area contributed by atoms with Crippen LogP contribution in [-0.4, -0.2) is 5.97 Å². The van der Waals surface area contributed by atoms with Crippen LogP contribution in [0, 0.1) is 12.7 Å². The maximum atomic E-state index is 13.0. The van der Waals surface area contributed by atoms with Crippen LogP contribution in [0.4, 0.5) is 4.39 Å². The maximum absolute atomic E-state index is 13.0. The number of esters is 1. The molecule has 0 spiro atoms. The third-order valence-electron chi connectivity index (χ3n) is 1.70. The second-order valence-electron chi connectivity index (χ2n) is 3.08. The van der Waals surface area contributed by atoms with Gasteiger partial charge in [0.25, 0.3) is 0 Å². The average molecular weight is 194 g/mol. The highest BCUT2D eigenvalue weighted by atomic mass is 19.1. The maximum Gasteiger partial charge on any atom is 0.338 e. The fourth-order valence-electron chi connectivity index (χ4n) is 0.831. The van der Waals surface area contributed by atoms with Gasteiger partial charge >= 0.3 is 5.97 Å². The molecule has 1 rings (SSSR count). The van der Waals surface area contributed by atoms with E-state index in [9.17, 15) is 9.18 Å². The van der Waals surface area contributed by atoms with Gasteiger partial charge in [-0.3, -0.25) is 0 Å². The van der Waals surface area contributed by atoms with Gasteiger partial charge in [0, 0.05) is 11.6 Å². The van der Waals surface area contributed by atoms with Crippen molar-refractivity contribution in [1.29, 1.82) is 0 Å². The normalized spacial score (nSPS) is 9.64. The Morgan fingerprint density at radius 3 is 2.64 bits per heavy atom. The van der Waals surface area contributed by atoms with Crippen molar-refractivity contribution in [1.82, 2.24) is 0 Å². The minimum atomic E-state index is -0.548. The smallest absolute Gasteiger partial charge is 0.338 e. The molecule has 0 radical (unpaired) electrons. The number of aryl methyl sites for hydroxylation is 1. The average Bonchev–Trinajstić information content (AvgIpc) is 2.11. The van der Waals surface area contributed by atoms with E-state index < -0.39 is 11.8 Å². The molecule has 0 aliphatic rings. The molecule has 3 heteroatoms.